The van der Waals surface area contributed by atoms with E-state index in [1.165, 1.54) is 0 Å². The molecule has 1 aliphatic heterocycles. The number of hydrogen-bond acceptors (Lipinski definition) is 3. The van der Waals surface area contributed by atoms with E-state index in [1.54, 1.807) is 17.0 Å². The lowest BCUT2D eigenvalue weighted by Crippen LogP contribution is -2.51. The Hall–Kier alpha value is -1.80. The van der Waals surface area contributed by atoms with E-state index in [0.29, 0.717) is 23.7 Å². The number of anilines is 1. The van der Waals surface area contributed by atoms with Crippen LogP contribution in [-0.4, -0.2) is 49.4 Å². The molecule has 0 unspecified atom stereocenters. The molecule has 3 rings (SSSR count). The van der Waals surface area contributed by atoms with E-state index in [1.807, 2.05) is 36.4 Å². The molecule has 1 saturated heterocycles. The van der Waals surface area contributed by atoms with Crippen molar-refractivity contribution in [3.8, 4) is 0 Å². The van der Waals surface area contributed by atoms with Crippen molar-refractivity contribution in [2.24, 2.45) is 0 Å². The maximum absolute atomic E-state index is 12.4. The van der Waals surface area contributed by atoms with Crippen molar-refractivity contribution in [2.75, 3.05) is 37.6 Å². The molecule has 136 valence electrons. The first kappa shape index (κ1) is 19.0. The molecule has 1 heterocycles. The topological polar surface area (TPSA) is 52.7 Å². The van der Waals surface area contributed by atoms with Crippen molar-refractivity contribution in [3.63, 3.8) is 0 Å². The van der Waals surface area contributed by atoms with Gasteiger partial charge in [-0.15, -0.1) is 0 Å². The molecule has 2 aromatic carbocycles. The summed E-state index contributed by atoms with van der Waals surface area (Å²) in [6.45, 7) is 2.77. The second-order valence-corrected chi connectivity index (χ2v) is 7.72. The summed E-state index contributed by atoms with van der Waals surface area (Å²) in [6, 6.07) is 15.0. The standard InChI is InChI=1S/C19H19ClIN3O2/c20-15-4-2-6-17(12-15)23-7-9-24(10-8-23)18(25)13-22-19(26)14-3-1-5-16(21)11-14/h1-6,11-12H,7-10,13H2,(H,22,26). The summed E-state index contributed by atoms with van der Waals surface area (Å²) < 4.78 is 0.985. The summed E-state index contributed by atoms with van der Waals surface area (Å²) in [6.07, 6.45) is 0. The average molecular weight is 484 g/mol. The molecule has 1 fully saturated rings. The Bertz CT molecular complexity index is 807. The van der Waals surface area contributed by atoms with E-state index in [0.717, 1.165) is 22.3 Å². The molecule has 0 radical (unpaired) electrons. The van der Waals surface area contributed by atoms with Gasteiger partial charge in [-0.05, 0) is 59.0 Å². The van der Waals surface area contributed by atoms with Gasteiger partial charge in [-0.3, -0.25) is 9.59 Å². The van der Waals surface area contributed by atoms with Crippen LogP contribution in [0.1, 0.15) is 10.4 Å². The molecule has 0 spiro atoms. The van der Waals surface area contributed by atoms with Gasteiger partial charge in [-0.2, -0.15) is 0 Å². The highest BCUT2D eigenvalue weighted by atomic mass is 127. The third-order valence-electron chi connectivity index (χ3n) is 4.29. The van der Waals surface area contributed by atoms with Crippen molar-refractivity contribution in [2.45, 2.75) is 0 Å². The number of piperazine rings is 1. The molecule has 0 bridgehead atoms. The van der Waals surface area contributed by atoms with E-state index in [9.17, 15) is 9.59 Å². The molecule has 5 nitrogen and oxygen atoms in total. The zero-order valence-electron chi connectivity index (χ0n) is 14.1. The van der Waals surface area contributed by atoms with Gasteiger partial charge in [-0.1, -0.05) is 23.7 Å². The largest absolute Gasteiger partial charge is 0.368 e. The summed E-state index contributed by atoms with van der Waals surface area (Å²) >= 11 is 8.20. The van der Waals surface area contributed by atoms with Crippen LogP contribution in [0.5, 0.6) is 0 Å². The SMILES string of the molecule is O=C(NCC(=O)N1CCN(c2cccc(Cl)c2)CC1)c1cccc(I)c1. The second kappa shape index (κ2) is 8.73. The Balaban J connectivity index is 1.48. The summed E-state index contributed by atoms with van der Waals surface area (Å²) in [4.78, 5) is 28.5. The van der Waals surface area contributed by atoms with Crippen molar-refractivity contribution in [3.05, 3.63) is 62.7 Å². The smallest absolute Gasteiger partial charge is 0.251 e. The fraction of sp³-hybridized carbons (Fsp3) is 0.263. The van der Waals surface area contributed by atoms with Gasteiger partial charge in [0.15, 0.2) is 0 Å². The van der Waals surface area contributed by atoms with Crippen molar-refractivity contribution in [1.29, 1.82) is 0 Å². The van der Waals surface area contributed by atoms with Crippen LogP contribution in [-0.2, 0) is 4.79 Å². The third kappa shape index (κ3) is 4.88. The fourth-order valence-electron chi connectivity index (χ4n) is 2.89. The molecule has 2 aromatic rings. The van der Waals surface area contributed by atoms with E-state index in [4.69, 9.17) is 11.6 Å². The molecular formula is C19H19ClIN3O2. The number of carbonyl (C=O) groups excluding carboxylic acids is 2. The highest BCUT2D eigenvalue weighted by Gasteiger charge is 2.21. The lowest BCUT2D eigenvalue weighted by molar-refractivity contribution is -0.130. The zero-order chi connectivity index (χ0) is 18.5. The molecule has 1 aliphatic rings. The van der Waals surface area contributed by atoms with E-state index < -0.39 is 0 Å². The Labute approximate surface area is 171 Å². The van der Waals surface area contributed by atoms with Crippen molar-refractivity contribution < 1.29 is 9.59 Å². The molecular weight excluding hydrogens is 465 g/mol. The van der Waals surface area contributed by atoms with Crippen LogP contribution in [0.25, 0.3) is 0 Å². The van der Waals surface area contributed by atoms with Gasteiger partial charge in [0.1, 0.15) is 0 Å². The normalized spacial score (nSPS) is 14.2. The van der Waals surface area contributed by atoms with Gasteiger partial charge < -0.3 is 15.1 Å². The maximum atomic E-state index is 12.4. The quantitative estimate of drug-likeness (QED) is 0.680. The highest BCUT2D eigenvalue weighted by molar-refractivity contribution is 14.1. The number of nitrogens with zero attached hydrogens (tertiary/aromatic N) is 2. The van der Waals surface area contributed by atoms with Crippen LogP contribution in [0.4, 0.5) is 5.69 Å². The second-order valence-electron chi connectivity index (χ2n) is 6.04. The number of rotatable bonds is 4. The summed E-state index contributed by atoms with van der Waals surface area (Å²) in [5, 5.41) is 3.42. The number of nitrogens with one attached hydrogen (secondary N) is 1. The maximum Gasteiger partial charge on any atom is 0.251 e. The number of benzene rings is 2. The number of carbonyl (C=O) groups is 2. The Kier molecular flexibility index (Phi) is 6.37. The van der Waals surface area contributed by atoms with Gasteiger partial charge in [-0.25, -0.2) is 0 Å². The van der Waals surface area contributed by atoms with Gasteiger partial charge in [0.2, 0.25) is 5.91 Å². The van der Waals surface area contributed by atoms with Crippen molar-refractivity contribution in [1.82, 2.24) is 10.2 Å². The monoisotopic (exact) mass is 483 g/mol. The average Bonchev–Trinajstić information content (AvgIpc) is 2.66. The molecule has 26 heavy (non-hydrogen) atoms. The molecule has 1 N–H and O–H groups in total. The Morgan fingerprint density at radius 3 is 2.46 bits per heavy atom. The molecule has 7 heteroatoms. The molecule has 0 aliphatic carbocycles. The van der Waals surface area contributed by atoms with E-state index >= 15 is 0 Å². The summed E-state index contributed by atoms with van der Waals surface area (Å²) in [5.41, 5.74) is 1.63. The number of hydrogen-bond donors (Lipinski definition) is 1. The molecule has 0 saturated carbocycles. The summed E-state index contributed by atoms with van der Waals surface area (Å²) in [5.74, 6) is -0.288. The molecule has 0 aromatic heterocycles. The first-order valence-corrected chi connectivity index (χ1v) is 9.80. The van der Waals surface area contributed by atoms with Crippen LogP contribution in [0, 0.1) is 3.57 Å². The minimum atomic E-state index is -0.227. The summed E-state index contributed by atoms with van der Waals surface area (Å²) in [7, 11) is 0. The minimum Gasteiger partial charge on any atom is -0.368 e. The minimum absolute atomic E-state index is 0.0153. The Morgan fingerprint density at radius 2 is 1.77 bits per heavy atom. The van der Waals surface area contributed by atoms with E-state index in [-0.39, 0.29) is 18.4 Å². The van der Waals surface area contributed by atoms with Crippen LogP contribution in [0.15, 0.2) is 48.5 Å². The predicted molar refractivity (Wildman–Crippen MR) is 112 cm³/mol. The van der Waals surface area contributed by atoms with Gasteiger partial charge >= 0.3 is 0 Å². The fourth-order valence-corrected chi connectivity index (χ4v) is 3.61. The van der Waals surface area contributed by atoms with Crippen LogP contribution < -0.4 is 10.2 Å². The van der Waals surface area contributed by atoms with Crippen LogP contribution in [0.3, 0.4) is 0 Å². The third-order valence-corrected chi connectivity index (χ3v) is 5.20. The Morgan fingerprint density at radius 1 is 1.04 bits per heavy atom. The lowest BCUT2D eigenvalue weighted by atomic mass is 10.2. The van der Waals surface area contributed by atoms with Gasteiger partial charge in [0.05, 0.1) is 6.54 Å². The molecule has 2 amide bonds. The first-order chi connectivity index (χ1) is 12.5. The van der Waals surface area contributed by atoms with Gasteiger partial charge in [0, 0.05) is 46.0 Å². The number of halogens is 2. The lowest BCUT2D eigenvalue weighted by Gasteiger charge is -2.36. The predicted octanol–water partition coefficient (Wildman–Crippen LogP) is 3.02. The van der Waals surface area contributed by atoms with Crippen LogP contribution >= 0.6 is 34.2 Å². The highest BCUT2D eigenvalue weighted by Crippen LogP contribution is 2.20. The van der Waals surface area contributed by atoms with Crippen LogP contribution in [0.2, 0.25) is 5.02 Å². The van der Waals surface area contributed by atoms with Crippen molar-refractivity contribution >= 4 is 51.7 Å². The first-order valence-electron chi connectivity index (χ1n) is 8.35. The number of amides is 2. The van der Waals surface area contributed by atoms with Gasteiger partial charge in [0.25, 0.3) is 5.91 Å². The molecule has 0 atom stereocenters. The zero-order valence-corrected chi connectivity index (χ0v) is 17.0. The van der Waals surface area contributed by atoms with E-state index in [2.05, 4.69) is 32.8 Å².